The molecule has 0 radical (unpaired) electrons. The van der Waals surface area contributed by atoms with Crippen LogP contribution >= 0.6 is 0 Å². The first-order valence-corrected chi connectivity index (χ1v) is 6.47. The number of nitrogens with zero attached hydrogens (tertiary/aromatic N) is 1. The van der Waals surface area contributed by atoms with Crippen LogP contribution in [0.15, 0.2) is 24.3 Å². The summed E-state index contributed by atoms with van der Waals surface area (Å²) >= 11 is 0. The monoisotopic (exact) mass is 243 g/mol. The van der Waals surface area contributed by atoms with E-state index in [1.807, 2.05) is 6.07 Å². The van der Waals surface area contributed by atoms with Crippen molar-refractivity contribution in [2.75, 3.05) is 17.9 Å². The third kappa shape index (κ3) is 2.94. The van der Waals surface area contributed by atoms with Gasteiger partial charge in [-0.05, 0) is 17.7 Å². The van der Waals surface area contributed by atoms with Crippen LogP contribution < -0.4 is 14.8 Å². The van der Waals surface area contributed by atoms with E-state index in [0.717, 1.165) is 5.56 Å². The molecule has 0 spiro atoms. The Bertz CT molecular complexity index is 445. The Morgan fingerprint density at radius 3 is 2.69 bits per heavy atom. The maximum atomic E-state index is 11.7. The lowest BCUT2D eigenvalue weighted by Gasteiger charge is -2.19. The summed E-state index contributed by atoms with van der Waals surface area (Å²) in [5.74, 6) is 0. The minimum Gasteiger partial charge on any atom is -0.326 e. The summed E-state index contributed by atoms with van der Waals surface area (Å²) in [6, 6.07) is 7.13. The molecule has 0 aliphatic carbocycles. The molecule has 0 bridgehead atoms. The average Bonchev–Trinajstić information content (AvgIpc) is 2.28. The molecule has 0 atom stereocenters. The van der Waals surface area contributed by atoms with Gasteiger partial charge in [-0.25, -0.2) is 0 Å². The van der Waals surface area contributed by atoms with Crippen LogP contribution in [0.5, 0.6) is 0 Å². The fourth-order valence-corrected chi connectivity index (χ4v) is 2.25. The van der Waals surface area contributed by atoms with E-state index in [2.05, 4.69) is 4.72 Å². The second-order valence-corrected chi connectivity index (χ2v) is 5.13. The minimum atomic E-state index is -3.45. The second kappa shape index (κ2) is 5.29. The van der Waals surface area contributed by atoms with Crippen molar-refractivity contribution in [2.24, 2.45) is 5.73 Å². The zero-order chi connectivity index (χ0) is 12.2. The number of hydrogen-bond acceptors (Lipinski definition) is 3. The van der Waals surface area contributed by atoms with Gasteiger partial charge >= 0.3 is 10.2 Å². The predicted molar refractivity (Wildman–Crippen MR) is 65.3 cm³/mol. The van der Waals surface area contributed by atoms with Crippen molar-refractivity contribution in [3.8, 4) is 0 Å². The average molecular weight is 243 g/mol. The lowest BCUT2D eigenvalue weighted by atomic mass is 10.2. The van der Waals surface area contributed by atoms with Gasteiger partial charge in [0.05, 0.1) is 5.69 Å². The van der Waals surface area contributed by atoms with E-state index in [4.69, 9.17) is 5.73 Å². The van der Waals surface area contributed by atoms with Gasteiger partial charge in [0.25, 0.3) is 0 Å². The van der Waals surface area contributed by atoms with Gasteiger partial charge in [0.15, 0.2) is 0 Å². The van der Waals surface area contributed by atoms with Gasteiger partial charge in [0.2, 0.25) is 0 Å². The summed E-state index contributed by atoms with van der Waals surface area (Å²) in [5, 5.41) is 0. The third-order valence-electron chi connectivity index (χ3n) is 2.20. The molecular weight excluding hydrogens is 226 g/mol. The van der Waals surface area contributed by atoms with Gasteiger partial charge in [0, 0.05) is 20.1 Å². The van der Waals surface area contributed by atoms with Crippen molar-refractivity contribution in [3.05, 3.63) is 29.8 Å². The van der Waals surface area contributed by atoms with Gasteiger partial charge in [0.1, 0.15) is 0 Å². The molecule has 0 aromatic heterocycles. The summed E-state index contributed by atoms with van der Waals surface area (Å²) in [5.41, 5.74) is 7.00. The van der Waals surface area contributed by atoms with Gasteiger partial charge in [-0.15, -0.1) is 0 Å². The summed E-state index contributed by atoms with van der Waals surface area (Å²) in [4.78, 5) is 0. The molecule has 16 heavy (non-hydrogen) atoms. The van der Waals surface area contributed by atoms with Crippen molar-refractivity contribution in [3.63, 3.8) is 0 Å². The molecular formula is C10H17N3O2S. The fraction of sp³-hybridized carbons (Fsp3) is 0.400. The molecule has 90 valence electrons. The Hall–Kier alpha value is -1.11. The molecule has 1 aromatic rings. The van der Waals surface area contributed by atoms with Gasteiger partial charge in [-0.2, -0.15) is 13.1 Å². The maximum Gasteiger partial charge on any atom is 0.301 e. The van der Waals surface area contributed by atoms with E-state index in [0.29, 0.717) is 18.8 Å². The minimum absolute atomic E-state index is 0.364. The molecule has 3 N–H and O–H groups in total. The highest BCUT2D eigenvalue weighted by atomic mass is 32.2. The molecule has 0 aliphatic rings. The second-order valence-electron chi connectivity index (χ2n) is 3.34. The van der Waals surface area contributed by atoms with Crippen molar-refractivity contribution in [1.82, 2.24) is 4.72 Å². The highest BCUT2D eigenvalue weighted by Gasteiger charge is 2.16. The molecule has 1 aromatic carbocycles. The number of rotatable bonds is 5. The van der Waals surface area contributed by atoms with Crippen LogP contribution in [0.25, 0.3) is 0 Å². The molecule has 6 heteroatoms. The zero-order valence-corrected chi connectivity index (χ0v) is 10.3. The number of nitrogens with two attached hydrogens (primary N) is 1. The number of hydrogen-bond donors (Lipinski definition) is 2. The van der Waals surface area contributed by atoms with E-state index in [1.165, 1.54) is 11.4 Å². The Kier molecular flexibility index (Phi) is 4.28. The number of anilines is 1. The quantitative estimate of drug-likeness (QED) is 0.787. The largest absolute Gasteiger partial charge is 0.326 e. The van der Waals surface area contributed by atoms with Gasteiger partial charge in [-0.3, -0.25) is 4.31 Å². The first kappa shape index (κ1) is 13.0. The van der Waals surface area contributed by atoms with Crippen LogP contribution in [0, 0.1) is 0 Å². The molecule has 0 heterocycles. The fourth-order valence-electron chi connectivity index (χ4n) is 1.30. The molecule has 0 unspecified atom stereocenters. The predicted octanol–water partition coefficient (Wildman–Crippen LogP) is 0.436. The molecule has 0 fully saturated rings. The van der Waals surface area contributed by atoms with Crippen LogP contribution in [0.1, 0.15) is 12.5 Å². The zero-order valence-electron chi connectivity index (χ0n) is 9.47. The summed E-state index contributed by atoms with van der Waals surface area (Å²) < 4.78 is 27.1. The molecule has 5 nitrogen and oxygen atoms in total. The van der Waals surface area contributed by atoms with Crippen molar-refractivity contribution in [1.29, 1.82) is 0 Å². The lowest BCUT2D eigenvalue weighted by Crippen LogP contribution is -2.38. The van der Waals surface area contributed by atoms with E-state index < -0.39 is 10.2 Å². The maximum absolute atomic E-state index is 11.7. The molecule has 0 saturated carbocycles. The van der Waals surface area contributed by atoms with E-state index in [1.54, 1.807) is 25.1 Å². The molecule has 0 aliphatic heterocycles. The lowest BCUT2D eigenvalue weighted by molar-refractivity contribution is 0.582. The number of benzene rings is 1. The van der Waals surface area contributed by atoms with E-state index >= 15 is 0 Å². The van der Waals surface area contributed by atoms with Crippen molar-refractivity contribution in [2.45, 2.75) is 13.5 Å². The SMILES string of the molecule is CCNS(=O)(=O)N(C)c1cccc(CN)c1. The Balaban J connectivity index is 3.00. The highest BCUT2D eigenvalue weighted by Crippen LogP contribution is 2.16. The van der Waals surface area contributed by atoms with Crippen LogP contribution in [0.4, 0.5) is 5.69 Å². The summed E-state index contributed by atoms with van der Waals surface area (Å²) in [6.45, 7) is 2.49. The summed E-state index contributed by atoms with van der Waals surface area (Å²) in [7, 11) is -1.94. The van der Waals surface area contributed by atoms with Crippen LogP contribution in [-0.2, 0) is 16.8 Å². The topological polar surface area (TPSA) is 75.4 Å². The third-order valence-corrected chi connectivity index (χ3v) is 3.78. The van der Waals surface area contributed by atoms with Gasteiger partial charge in [-0.1, -0.05) is 19.1 Å². The Labute approximate surface area is 96.4 Å². The van der Waals surface area contributed by atoms with Crippen LogP contribution in [-0.4, -0.2) is 22.0 Å². The molecule has 0 saturated heterocycles. The Morgan fingerprint density at radius 1 is 1.44 bits per heavy atom. The van der Waals surface area contributed by atoms with E-state index in [-0.39, 0.29) is 0 Å². The van der Waals surface area contributed by atoms with Crippen LogP contribution in [0.3, 0.4) is 0 Å². The first-order valence-electron chi connectivity index (χ1n) is 5.03. The number of nitrogens with one attached hydrogen (secondary N) is 1. The van der Waals surface area contributed by atoms with Crippen molar-refractivity contribution >= 4 is 15.9 Å². The standard InChI is InChI=1S/C10H17N3O2S/c1-3-12-16(14,15)13(2)10-6-4-5-9(7-10)8-11/h4-7,12H,3,8,11H2,1-2H3. The first-order chi connectivity index (χ1) is 7.51. The normalized spacial score (nSPS) is 11.4. The summed E-state index contributed by atoms with van der Waals surface area (Å²) in [6.07, 6.45) is 0. The molecule has 1 rings (SSSR count). The van der Waals surface area contributed by atoms with Crippen molar-refractivity contribution < 1.29 is 8.42 Å². The molecule has 0 amide bonds. The van der Waals surface area contributed by atoms with Gasteiger partial charge < -0.3 is 5.73 Å². The Morgan fingerprint density at radius 2 is 2.12 bits per heavy atom. The smallest absolute Gasteiger partial charge is 0.301 e. The van der Waals surface area contributed by atoms with E-state index in [9.17, 15) is 8.42 Å². The highest BCUT2D eigenvalue weighted by molar-refractivity contribution is 7.90. The van der Waals surface area contributed by atoms with Crippen LogP contribution in [0.2, 0.25) is 0 Å².